The number of aryl methyl sites for hydroxylation is 1. The van der Waals surface area contributed by atoms with Crippen molar-refractivity contribution in [3.8, 4) is 17.0 Å². The minimum atomic E-state index is -4.54. The second kappa shape index (κ2) is 7.99. The molecule has 166 valence electrons. The molecule has 2 fully saturated rings. The Labute approximate surface area is 177 Å². The number of aromatic nitrogens is 2. The van der Waals surface area contributed by atoms with Crippen molar-refractivity contribution in [3.63, 3.8) is 0 Å². The van der Waals surface area contributed by atoms with Crippen LogP contribution in [0.2, 0.25) is 0 Å². The van der Waals surface area contributed by atoms with Gasteiger partial charge in [-0.1, -0.05) is 0 Å². The Hall–Kier alpha value is -2.88. The Kier molecular flexibility index (Phi) is 5.50. The van der Waals surface area contributed by atoms with Crippen molar-refractivity contribution in [2.45, 2.75) is 38.6 Å². The van der Waals surface area contributed by atoms with Gasteiger partial charge in [0.1, 0.15) is 5.75 Å². The number of carbonyl (C=O) groups excluding carboxylic acids is 1. The Balaban J connectivity index is 1.60. The van der Waals surface area contributed by atoms with Crippen molar-refractivity contribution >= 4 is 11.7 Å². The van der Waals surface area contributed by atoms with Gasteiger partial charge in [0, 0.05) is 32.1 Å². The first-order valence-electron chi connectivity index (χ1n) is 10.0. The fraction of sp³-hybridized carbons (Fsp3) is 0.476. The number of anilines is 1. The minimum absolute atomic E-state index is 0.00738. The number of hydrogen-bond donors (Lipinski definition) is 1. The highest BCUT2D eigenvalue weighted by Gasteiger charge is 2.38. The molecule has 0 radical (unpaired) electrons. The van der Waals surface area contributed by atoms with Crippen LogP contribution < -0.4 is 4.90 Å². The summed E-state index contributed by atoms with van der Waals surface area (Å²) in [5.41, 5.74) is -0.161. The zero-order valence-electron chi connectivity index (χ0n) is 17.2. The van der Waals surface area contributed by atoms with E-state index in [0.29, 0.717) is 38.1 Å². The summed E-state index contributed by atoms with van der Waals surface area (Å²) in [5.74, 6) is 0.111. The lowest BCUT2D eigenvalue weighted by atomic mass is 9.98. The van der Waals surface area contributed by atoms with Gasteiger partial charge in [-0.25, -0.2) is 0 Å². The largest absolute Gasteiger partial charge is 0.507 e. The first-order chi connectivity index (χ1) is 14.6. The number of piperidine rings is 1. The molecular weight excluding hydrogens is 413 g/mol. The second-order valence-electron chi connectivity index (χ2n) is 7.89. The first kappa shape index (κ1) is 21.4. The van der Waals surface area contributed by atoms with E-state index in [2.05, 4.69) is 15.1 Å². The lowest BCUT2D eigenvalue weighted by molar-refractivity contribution is -0.137. The van der Waals surface area contributed by atoms with E-state index < -0.39 is 17.5 Å². The Morgan fingerprint density at radius 3 is 2.61 bits per heavy atom. The molecule has 1 aromatic carbocycles. The van der Waals surface area contributed by atoms with Crippen LogP contribution in [0.15, 0.2) is 24.3 Å². The highest BCUT2D eigenvalue weighted by atomic mass is 19.4. The summed E-state index contributed by atoms with van der Waals surface area (Å²) in [6.45, 7) is 5.34. The van der Waals surface area contributed by atoms with Crippen molar-refractivity contribution in [2.24, 2.45) is 0 Å². The zero-order valence-corrected chi connectivity index (χ0v) is 17.2. The fourth-order valence-corrected chi connectivity index (χ4v) is 4.32. The molecule has 2 atom stereocenters. The summed E-state index contributed by atoms with van der Waals surface area (Å²) in [5, 5.41) is 18.7. The summed E-state index contributed by atoms with van der Waals surface area (Å²) < 4.78 is 44.8. The molecule has 0 aliphatic carbocycles. The van der Waals surface area contributed by atoms with Crippen LogP contribution in [0.4, 0.5) is 19.0 Å². The van der Waals surface area contributed by atoms with Crippen molar-refractivity contribution in [1.82, 2.24) is 15.1 Å². The highest BCUT2D eigenvalue weighted by molar-refractivity contribution is 5.73. The van der Waals surface area contributed by atoms with Gasteiger partial charge in [0.15, 0.2) is 5.82 Å². The summed E-state index contributed by atoms with van der Waals surface area (Å²) in [4.78, 5) is 15.7. The minimum Gasteiger partial charge on any atom is -0.507 e. The fourth-order valence-electron chi connectivity index (χ4n) is 4.32. The lowest BCUT2D eigenvalue weighted by Crippen LogP contribution is -2.61. The number of likely N-dealkylation sites (tertiary alicyclic amines) is 1. The van der Waals surface area contributed by atoms with Gasteiger partial charge < -0.3 is 19.6 Å². The van der Waals surface area contributed by atoms with Crippen LogP contribution >= 0.6 is 0 Å². The molecule has 10 heteroatoms. The number of ether oxygens (including phenoxy) is 1. The topological polar surface area (TPSA) is 78.8 Å². The second-order valence-corrected chi connectivity index (χ2v) is 7.89. The molecule has 0 saturated carbocycles. The third-order valence-electron chi connectivity index (χ3n) is 5.87. The molecule has 2 aromatic rings. The van der Waals surface area contributed by atoms with Crippen LogP contribution in [-0.4, -0.2) is 64.5 Å². The number of nitrogens with zero attached hydrogens (tertiary/aromatic N) is 4. The first-order valence-corrected chi connectivity index (χ1v) is 10.0. The van der Waals surface area contributed by atoms with E-state index in [4.69, 9.17) is 4.74 Å². The normalized spacial score (nSPS) is 21.7. The van der Waals surface area contributed by atoms with Gasteiger partial charge in [-0.15, -0.1) is 10.2 Å². The monoisotopic (exact) mass is 436 g/mol. The molecular formula is C21H23F3N4O3. The summed E-state index contributed by atoms with van der Waals surface area (Å²) >= 11 is 0. The number of aromatic hydroxyl groups is 1. The van der Waals surface area contributed by atoms with Crippen molar-refractivity contribution in [1.29, 1.82) is 0 Å². The standard InChI is InChI=1S/C21H23F3N4O3/c1-12-9-14(21(22,23)24)10-17(30)20(12)15-3-4-19(26-25-15)28-7-8-31-18-5-6-27(13(2)29)11-16(18)28/h3-4,9-10,16,18,30H,5-8,11H2,1-2H3. The predicted molar refractivity (Wildman–Crippen MR) is 107 cm³/mol. The molecule has 2 aliphatic rings. The van der Waals surface area contributed by atoms with Crippen LogP contribution in [0.1, 0.15) is 24.5 Å². The van der Waals surface area contributed by atoms with E-state index >= 15 is 0 Å². The maximum Gasteiger partial charge on any atom is 0.416 e. The molecule has 2 saturated heterocycles. The summed E-state index contributed by atoms with van der Waals surface area (Å²) in [6.07, 6.45) is -3.81. The van der Waals surface area contributed by atoms with Crippen LogP contribution in [0.5, 0.6) is 5.75 Å². The number of morpholine rings is 1. The van der Waals surface area contributed by atoms with Crippen molar-refractivity contribution in [2.75, 3.05) is 31.1 Å². The van der Waals surface area contributed by atoms with Gasteiger partial charge in [0.2, 0.25) is 5.91 Å². The van der Waals surface area contributed by atoms with Crippen LogP contribution in [-0.2, 0) is 15.7 Å². The molecule has 1 N–H and O–H groups in total. The van der Waals surface area contributed by atoms with E-state index in [0.717, 1.165) is 12.5 Å². The van der Waals surface area contributed by atoms with Crippen molar-refractivity contribution < 1.29 is 27.8 Å². The number of fused-ring (bicyclic) bond motifs is 1. The molecule has 3 heterocycles. The number of phenols is 1. The van der Waals surface area contributed by atoms with Gasteiger partial charge in [-0.2, -0.15) is 13.2 Å². The van der Waals surface area contributed by atoms with E-state index in [-0.39, 0.29) is 34.9 Å². The van der Waals surface area contributed by atoms with Crippen molar-refractivity contribution in [3.05, 3.63) is 35.4 Å². The number of phenolic OH excluding ortho intramolecular Hbond substituents is 1. The van der Waals surface area contributed by atoms with E-state index in [1.54, 1.807) is 24.0 Å². The van der Waals surface area contributed by atoms with E-state index in [1.165, 1.54) is 6.92 Å². The van der Waals surface area contributed by atoms with Crippen LogP contribution in [0.3, 0.4) is 0 Å². The Morgan fingerprint density at radius 2 is 2.00 bits per heavy atom. The molecule has 31 heavy (non-hydrogen) atoms. The number of rotatable bonds is 2. The molecule has 1 amide bonds. The van der Waals surface area contributed by atoms with Gasteiger partial charge >= 0.3 is 6.18 Å². The van der Waals surface area contributed by atoms with Crippen LogP contribution in [0, 0.1) is 6.92 Å². The quantitative estimate of drug-likeness (QED) is 0.780. The molecule has 1 aromatic heterocycles. The molecule has 0 spiro atoms. The van der Waals surface area contributed by atoms with E-state index in [9.17, 15) is 23.1 Å². The molecule has 7 nitrogen and oxygen atoms in total. The van der Waals surface area contributed by atoms with Crippen LogP contribution in [0.25, 0.3) is 11.3 Å². The smallest absolute Gasteiger partial charge is 0.416 e. The average molecular weight is 436 g/mol. The average Bonchev–Trinajstić information content (AvgIpc) is 2.72. The number of carbonyl (C=O) groups is 1. The summed E-state index contributed by atoms with van der Waals surface area (Å²) in [6, 6.07) is 4.99. The maximum absolute atomic E-state index is 13.0. The zero-order chi connectivity index (χ0) is 22.3. The Morgan fingerprint density at radius 1 is 1.23 bits per heavy atom. The highest BCUT2D eigenvalue weighted by Crippen LogP contribution is 2.38. The molecule has 2 unspecified atom stereocenters. The van der Waals surface area contributed by atoms with Gasteiger partial charge in [-0.05, 0) is 43.2 Å². The Bertz CT molecular complexity index is 958. The lowest BCUT2D eigenvalue weighted by Gasteiger charge is -2.47. The van der Waals surface area contributed by atoms with Gasteiger partial charge in [0.05, 0.1) is 30.0 Å². The number of alkyl halides is 3. The third-order valence-corrected chi connectivity index (χ3v) is 5.87. The molecule has 4 rings (SSSR count). The summed E-state index contributed by atoms with van der Waals surface area (Å²) in [7, 11) is 0. The SMILES string of the molecule is CC(=O)N1CCC2OCCN(c3ccc(-c4c(C)cc(C(F)(F)F)cc4O)nn3)C2C1. The number of amides is 1. The molecule has 2 aliphatic heterocycles. The maximum atomic E-state index is 13.0. The number of benzene rings is 1. The number of halogens is 3. The predicted octanol–water partition coefficient (Wildman–Crippen LogP) is 3.00. The van der Waals surface area contributed by atoms with E-state index in [1.807, 2.05) is 0 Å². The van der Waals surface area contributed by atoms with Gasteiger partial charge in [0.25, 0.3) is 0 Å². The van der Waals surface area contributed by atoms with Gasteiger partial charge in [-0.3, -0.25) is 4.79 Å². The number of hydrogen-bond acceptors (Lipinski definition) is 6. The third kappa shape index (κ3) is 4.16. The molecule has 0 bridgehead atoms.